The first-order valence-corrected chi connectivity index (χ1v) is 8.66. The molecular formula is C20H20FN5O2. The lowest BCUT2D eigenvalue weighted by molar-refractivity contribution is -0.124. The van der Waals surface area contributed by atoms with Gasteiger partial charge >= 0.3 is 0 Å². The smallest absolute Gasteiger partial charge is 0.251 e. The van der Waals surface area contributed by atoms with Gasteiger partial charge in [-0.15, -0.1) is 5.10 Å². The zero-order valence-corrected chi connectivity index (χ0v) is 15.5. The average molecular weight is 381 g/mol. The van der Waals surface area contributed by atoms with Crippen LogP contribution in [0.4, 0.5) is 10.3 Å². The number of aromatic nitrogens is 3. The van der Waals surface area contributed by atoms with Gasteiger partial charge in [-0.3, -0.25) is 14.9 Å². The SMILES string of the molecule is CC(C)(NC=O)C(=O)Nc1nc(-c2ccc(F)cc2)n(Cc2ccccc2)n1. The van der Waals surface area contributed by atoms with E-state index in [4.69, 9.17) is 0 Å². The first kappa shape index (κ1) is 19.2. The van der Waals surface area contributed by atoms with Crippen LogP contribution in [0.2, 0.25) is 0 Å². The van der Waals surface area contributed by atoms with E-state index in [2.05, 4.69) is 20.7 Å². The van der Waals surface area contributed by atoms with Crippen LogP contribution in [0.15, 0.2) is 54.6 Å². The summed E-state index contributed by atoms with van der Waals surface area (Å²) in [7, 11) is 0. The fraction of sp³-hybridized carbons (Fsp3) is 0.200. The number of nitrogens with zero attached hydrogens (tertiary/aromatic N) is 3. The number of nitrogens with one attached hydrogen (secondary N) is 2. The van der Waals surface area contributed by atoms with Gasteiger partial charge in [0.2, 0.25) is 12.4 Å². The molecule has 8 heteroatoms. The molecule has 0 aliphatic carbocycles. The molecule has 3 rings (SSSR count). The molecule has 28 heavy (non-hydrogen) atoms. The third-order valence-electron chi connectivity index (χ3n) is 4.16. The molecule has 0 saturated heterocycles. The number of carbonyl (C=O) groups is 2. The molecule has 0 saturated carbocycles. The minimum absolute atomic E-state index is 0.0982. The summed E-state index contributed by atoms with van der Waals surface area (Å²) in [6.07, 6.45) is 0.463. The Labute approximate surface area is 161 Å². The van der Waals surface area contributed by atoms with Gasteiger partial charge in [-0.2, -0.15) is 4.98 Å². The second-order valence-electron chi connectivity index (χ2n) is 6.75. The number of carbonyl (C=O) groups excluding carboxylic acids is 2. The zero-order valence-electron chi connectivity index (χ0n) is 15.5. The number of rotatable bonds is 7. The first-order chi connectivity index (χ1) is 13.4. The van der Waals surface area contributed by atoms with Crippen molar-refractivity contribution in [2.75, 3.05) is 5.32 Å². The van der Waals surface area contributed by atoms with Crippen molar-refractivity contribution in [3.8, 4) is 11.4 Å². The highest BCUT2D eigenvalue weighted by molar-refractivity contribution is 5.97. The zero-order chi connectivity index (χ0) is 20.1. The highest BCUT2D eigenvalue weighted by Gasteiger charge is 2.28. The van der Waals surface area contributed by atoms with Gasteiger partial charge < -0.3 is 5.32 Å². The number of anilines is 1. The predicted molar refractivity (Wildman–Crippen MR) is 103 cm³/mol. The Morgan fingerprint density at radius 1 is 1.14 bits per heavy atom. The maximum Gasteiger partial charge on any atom is 0.251 e. The van der Waals surface area contributed by atoms with Crippen LogP contribution < -0.4 is 10.6 Å². The standard InChI is InChI=1S/C20H20FN5O2/c1-20(2,22-13-27)18(28)24-19-23-17(15-8-10-16(21)11-9-15)26(25-19)12-14-6-4-3-5-7-14/h3-11,13H,12H2,1-2H3,(H,22,27)(H,24,25,28). The number of benzene rings is 2. The monoisotopic (exact) mass is 381 g/mol. The van der Waals surface area contributed by atoms with Gasteiger partial charge in [0, 0.05) is 5.56 Å². The maximum atomic E-state index is 13.3. The molecule has 2 aromatic carbocycles. The van der Waals surface area contributed by atoms with Crippen molar-refractivity contribution in [1.29, 1.82) is 0 Å². The molecule has 144 valence electrons. The van der Waals surface area contributed by atoms with Crippen LogP contribution in [0.3, 0.4) is 0 Å². The summed E-state index contributed by atoms with van der Waals surface area (Å²) in [4.78, 5) is 27.5. The Kier molecular flexibility index (Phi) is 5.49. The summed E-state index contributed by atoms with van der Waals surface area (Å²) in [5.41, 5.74) is 0.537. The largest absolute Gasteiger partial charge is 0.345 e. The Morgan fingerprint density at radius 3 is 2.46 bits per heavy atom. The Hall–Kier alpha value is -3.55. The Bertz CT molecular complexity index is 968. The molecule has 1 aromatic heterocycles. The molecule has 0 aliphatic rings. The fourth-order valence-corrected chi connectivity index (χ4v) is 2.54. The number of amides is 2. The normalized spacial score (nSPS) is 11.1. The minimum atomic E-state index is -1.12. The van der Waals surface area contributed by atoms with E-state index in [0.29, 0.717) is 24.3 Å². The first-order valence-electron chi connectivity index (χ1n) is 8.66. The molecule has 0 atom stereocenters. The summed E-state index contributed by atoms with van der Waals surface area (Å²) in [5, 5.41) is 9.44. The molecule has 0 bridgehead atoms. The molecule has 7 nitrogen and oxygen atoms in total. The van der Waals surface area contributed by atoms with Crippen molar-refractivity contribution in [2.24, 2.45) is 0 Å². The van der Waals surface area contributed by atoms with Gasteiger partial charge in [-0.05, 0) is 43.7 Å². The second-order valence-corrected chi connectivity index (χ2v) is 6.75. The van der Waals surface area contributed by atoms with Gasteiger partial charge in [-0.1, -0.05) is 30.3 Å². The molecule has 1 heterocycles. The summed E-state index contributed by atoms with van der Waals surface area (Å²) in [6, 6.07) is 15.5. The van der Waals surface area contributed by atoms with E-state index in [1.165, 1.54) is 12.1 Å². The third kappa shape index (κ3) is 4.40. The molecular weight excluding hydrogens is 361 g/mol. The number of hydrogen-bond acceptors (Lipinski definition) is 4. The van der Waals surface area contributed by atoms with Gasteiger partial charge in [0.15, 0.2) is 5.82 Å². The minimum Gasteiger partial charge on any atom is -0.345 e. The molecule has 0 spiro atoms. The highest BCUT2D eigenvalue weighted by Crippen LogP contribution is 2.21. The van der Waals surface area contributed by atoms with Gasteiger partial charge in [0.25, 0.3) is 5.91 Å². The Morgan fingerprint density at radius 2 is 1.82 bits per heavy atom. The molecule has 0 radical (unpaired) electrons. The van der Waals surface area contributed by atoms with E-state index < -0.39 is 11.4 Å². The van der Waals surface area contributed by atoms with Crippen molar-refractivity contribution >= 4 is 18.3 Å². The summed E-state index contributed by atoms with van der Waals surface area (Å²) in [6.45, 7) is 3.56. The van der Waals surface area contributed by atoms with E-state index in [1.807, 2.05) is 30.3 Å². The van der Waals surface area contributed by atoms with Gasteiger partial charge in [0.1, 0.15) is 11.4 Å². The van der Waals surface area contributed by atoms with Crippen molar-refractivity contribution < 1.29 is 14.0 Å². The fourth-order valence-electron chi connectivity index (χ4n) is 2.54. The topological polar surface area (TPSA) is 88.9 Å². The van der Waals surface area contributed by atoms with E-state index in [9.17, 15) is 14.0 Å². The van der Waals surface area contributed by atoms with Gasteiger partial charge in [0.05, 0.1) is 6.54 Å². The third-order valence-corrected chi connectivity index (χ3v) is 4.16. The lowest BCUT2D eigenvalue weighted by atomic mass is 10.1. The molecule has 2 amide bonds. The molecule has 3 aromatic rings. The summed E-state index contributed by atoms with van der Waals surface area (Å²) >= 11 is 0. The van der Waals surface area contributed by atoms with Crippen LogP contribution in [-0.4, -0.2) is 32.6 Å². The molecule has 0 aliphatic heterocycles. The lowest BCUT2D eigenvalue weighted by Crippen LogP contribution is -2.49. The Balaban J connectivity index is 1.94. The molecule has 2 N–H and O–H groups in total. The van der Waals surface area contributed by atoms with Crippen molar-refractivity contribution in [3.05, 3.63) is 66.0 Å². The predicted octanol–water partition coefficient (Wildman–Crippen LogP) is 2.60. The van der Waals surface area contributed by atoms with Gasteiger partial charge in [-0.25, -0.2) is 9.07 Å². The number of halogens is 1. The van der Waals surface area contributed by atoms with Crippen molar-refractivity contribution in [1.82, 2.24) is 20.1 Å². The quantitative estimate of drug-likeness (QED) is 0.616. The van der Waals surface area contributed by atoms with E-state index in [-0.39, 0.29) is 11.8 Å². The molecule has 0 unspecified atom stereocenters. The summed E-state index contributed by atoms with van der Waals surface area (Å²) in [5.74, 6) is -0.225. The van der Waals surface area contributed by atoms with E-state index in [0.717, 1.165) is 5.56 Å². The van der Waals surface area contributed by atoms with E-state index >= 15 is 0 Å². The van der Waals surface area contributed by atoms with Crippen LogP contribution >= 0.6 is 0 Å². The summed E-state index contributed by atoms with van der Waals surface area (Å²) < 4.78 is 14.9. The van der Waals surface area contributed by atoms with Crippen LogP contribution in [-0.2, 0) is 16.1 Å². The van der Waals surface area contributed by atoms with Crippen LogP contribution in [0.5, 0.6) is 0 Å². The number of hydrogen-bond donors (Lipinski definition) is 2. The molecule has 0 fully saturated rings. The van der Waals surface area contributed by atoms with Crippen molar-refractivity contribution in [2.45, 2.75) is 25.9 Å². The van der Waals surface area contributed by atoms with Crippen molar-refractivity contribution in [3.63, 3.8) is 0 Å². The average Bonchev–Trinajstić information content (AvgIpc) is 3.05. The van der Waals surface area contributed by atoms with Crippen LogP contribution in [0, 0.1) is 5.82 Å². The lowest BCUT2D eigenvalue weighted by Gasteiger charge is -2.21. The van der Waals surface area contributed by atoms with E-state index in [1.54, 1.807) is 30.7 Å². The second kappa shape index (κ2) is 7.99. The van der Waals surface area contributed by atoms with Crippen LogP contribution in [0.25, 0.3) is 11.4 Å². The van der Waals surface area contributed by atoms with Crippen LogP contribution in [0.1, 0.15) is 19.4 Å². The maximum absolute atomic E-state index is 13.3. The highest BCUT2D eigenvalue weighted by atomic mass is 19.1.